The molecule has 0 aliphatic heterocycles. The summed E-state index contributed by atoms with van der Waals surface area (Å²) in [5, 5.41) is 7.16. The van der Waals surface area contributed by atoms with E-state index in [1.165, 1.54) is 11.1 Å². The van der Waals surface area contributed by atoms with Gasteiger partial charge >= 0.3 is 0 Å². The van der Waals surface area contributed by atoms with Crippen LogP contribution in [0, 0.1) is 13.8 Å². The van der Waals surface area contributed by atoms with Gasteiger partial charge in [0.15, 0.2) is 5.11 Å². The largest absolute Gasteiger partial charge is 0.360 e. The summed E-state index contributed by atoms with van der Waals surface area (Å²) >= 11 is 5.25. The Morgan fingerprint density at radius 3 is 2.62 bits per heavy atom. The average molecular weight is 236 g/mol. The number of nitrogens with one attached hydrogen (secondary N) is 2. The molecule has 16 heavy (non-hydrogen) atoms. The third-order valence-corrected chi connectivity index (χ3v) is 2.84. The fourth-order valence-electron chi connectivity index (χ4n) is 1.44. The molecule has 88 valence electrons. The molecule has 1 rings (SSSR count). The van der Waals surface area contributed by atoms with Gasteiger partial charge in [-0.05, 0) is 51.0 Å². The minimum absolute atomic E-state index is 0.408. The van der Waals surface area contributed by atoms with Crippen molar-refractivity contribution >= 4 is 23.0 Å². The lowest BCUT2D eigenvalue weighted by Crippen LogP contribution is -2.35. The van der Waals surface area contributed by atoms with Crippen molar-refractivity contribution < 1.29 is 0 Å². The van der Waals surface area contributed by atoms with E-state index in [-0.39, 0.29) is 0 Å². The lowest BCUT2D eigenvalue weighted by Gasteiger charge is -2.16. The molecule has 2 nitrogen and oxygen atoms in total. The van der Waals surface area contributed by atoms with Crippen LogP contribution >= 0.6 is 12.2 Å². The van der Waals surface area contributed by atoms with E-state index < -0.39 is 0 Å². The number of thiocarbonyl (C=S) groups is 1. The summed E-state index contributed by atoms with van der Waals surface area (Å²) < 4.78 is 0. The predicted octanol–water partition coefficient (Wildman–Crippen LogP) is 3.39. The van der Waals surface area contributed by atoms with Crippen molar-refractivity contribution in [2.45, 2.75) is 40.2 Å². The van der Waals surface area contributed by atoms with Crippen molar-refractivity contribution in [3.8, 4) is 0 Å². The van der Waals surface area contributed by atoms with Crippen LogP contribution in [0.1, 0.15) is 31.4 Å². The van der Waals surface area contributed by atoms with E-state index in [2.05, 4.69) is 56.5 Å². The van der Waals surface area contributed by atoms with Gasteiger partial charge in [0.25, 0.3) is 0 Å². The first kappa shape index (κ1) is 13.0. The van der Waals surface area contributed by atoms with Crippen molar-refractivity contribution in [1.29, 1.82) is 0 Å². The molecule has 0 spiro atoms. The van der Waals surface area contributed by atoms with Crippen LogP contribution in [0.5, 0.6) is 0 Å². The molecule has 0 aromatic heterocycles. The summed E-state index contributed by atoms with van der Waals surface area (Å²) in [7, 11) is 0. The van der Waals surface area contributed by atoms with Crippen LogP contribution < -0.4 is 10.6 Å². The number of benzene rings is 1. The molecule has 0 fully saturated rings. The number of anilines is 1. The Morgan fingerprint density at radius 1 is 1.38 bits per heavy atom. The van der Waals surface area contributed by atoms with Crippen molar-refractivity contribution in [3.63, 3.8) is 0 Å². The van der Waals surface area contributed by atoms with Gasteiger partial charge in [-0.15, -0.1) is 0 Å². The maximum absolute atomic E-state index is 5.25. The zero-order valence-corrected chi connectivity index (χ0v) is 11.2. The maximum atomic E-state index is 5.25. The van der Waals surface area contributed by atoms with E-state index in [9.17, 15) is 0 Å². The Balaban J connectivity index is 2.63. The summed E-state index contributed by atoms with van der Waals surface area (Å²) in [6.45, 7) is 8.43. The molecular formula is C13H20N2S. The first-order valence-electron chi connectivity index (χ1n) is 5.67. The second kappa shape index (κ2) is 5.85. The van der Waals surface area contributed by atoms with E-state index in [1.807, 2.05) is 0 Å². The van der Waals surface area contributed by atoms with Crippen LogP contribution in [0.25, 0.3) is 0 Å². The first-order chi connectivity index (χ1) is 7.52. The topological polar surface area (TPSA) is 24.1 Å². The van der Waals surface area contributed by atoms with E-state index >= 15 is 0 Å². The summed E-state index contributed by atoms with van der Waals surface area (Å²) in [4.78, 5) is 0. The molecule has 0 saturated carbocycles. The Kier molecular flexibility index (Phi) is 4.74. The molecule has 1 aromatic rings. The molecule has 1 atom stereocenters. The molecule has 0 aliphatic rings. The second-order valence-electron chi connectivity index (χ2n) is 4.23. The van der Waals surface area contributed by atoms with Crippen LogP contribution in [0.15, 0.2) is 18.2 Å². The molecule has 2 N–H and O–H groups in total. The fraction of sp³-hybridized carbons (Fsp3) is 0.462. The smallest absolute Gasteiger partial charge is 0.170 e. The van der Waals surface area contributed by atoms with Crippen molar-refractivity contribution in [2.24, 2.45) is 0 Å². The third-order valence-electron chi connectivity index (χ3n) is 2.62. The molecule has 0 bridgehead atoms. The summed E-state index contributed by atoms with van der Waals surface area (Å²) in [5.74, 6) is 0. The predicted molar refractivity (Wildman–Crippen MR) is 75.0 cm³/mol. The SMILES string of the molecule is CC[C@@H](C)NC(=S)Nc1ccc(C)cc1C. The maximum Gasteiger partial charge on any atom is 0.170 e. The standard InChI is InChI=1S/C13H20N2S/c1-5-11(4)14-13(16)15-12-7-6-9(2)8-10(12)3/h6-8,11H,5H2,1-4H3,(H2,14,15,16)/t11-/m1/s1. The zero-order valence-electron chi connectivity index (χ0n) is 10.4. The normalized spacial score (nSPS) is 12.0. The average Bonchev–Trinajstić information content (AvgIpc) is 2.22. The van der Waals surface area contributed by atoms with E-state index in [4.69, 9.17) is 12.2 Å². The molecule has 0 saturated heterocycles. The van der Waals surface area contributed by atoms with E-state index in [0.29, 0.717) is 11.2 Å². The van der Waals surface area contributed by atoms with Gasteiger partial charge in [-0.1, -0.05) is 24.6 Å². The van der Waals surface area contributed by atoms with Gasteiger partial charge in [0, 0.05) is 11.7 Å². The van der Waals surface area contributed by atoms with Crippen molar-refractivity contribution in [3.05, 3.63) is 29.3 Å². The highest BCUT2D eigenvalue weighted by molar-refractivity contribution is 7.80. The summed E-state index contributed by atoms with van der Waals surface area (Å²) in [5.41, 5.74) is 3.56. The van der Waals surface area contributed by atoms with Gasteiger partial charge in [-0.25, -0.2) is 0 Å². The first-order valence-corrected chi connectivity index (χ1v) is 6.08. The summed E-state index contributed by atoms with van der Waals surface area (Å²) in [6.07, 6.45) is 1.06. The van der Waals surface area contributed by atoms with Crippen molar-refractivity contribution in [1.82, 2.24) is 5.32 Å². The highest BCUT2D eigenvalue weighted by Gasteiger charge is 2.03. The lowest BCUT2D eigenvalue weighted by molar-refractivity contribution is 0.646. The fourth-order valence-corrected chi connectivity index (χ4v) is 1.75. The Bertz CT molecular complexity index is 374. The minimum Gasteiger partial charge on any atom is -0.360 e. The Morgan fingerprint density at radius 2 is 2.06 bits per heavy atom. The molecule has 1 aromatic carbocycles. The van der Waals surface area contributed by atoms with Gasteiger partial charge in [-0.2, -0.15) is 0 Å². The van der Waals surface area contributed by atoms with Crippen LogP contribution in [-0.2, 0) is 0 Å². The quantitative estimate of drug-likeness (QED) is 0.787. The number of rotatable bonds is 3. The van der Waals surface area contributed by atoms with E-state index in [0.717, 1.165) is 12.1 Å². The lowest BCUT2D eigenvalue weighted by atomic mass is 10.1. The third kappa shape index (κ3) is 3.81. The zero-order chi connectivity index (χ0) is 12.1. The highest BCUT2D eigenvalue weighted by Crippen LogP contribution is 2.15. The van der Waals surface area contributed by atoms with Crippen LogP contribution in [0.3, 0.4) is 0 Å². The van der Waals surface area contributed by atoms with Gasteiger partial charge in [0.05, 0.1) is 0 Å². The van der Waals surface area contributed by atoms with Gasteiger partial charge < -0.3 is 10.6 Å². The van der Waals surface area contributed by atoms with Crippen LogP contribution in [0.2, 0.25) is 0 Å². The van der Waals surface area contributed by atoms with Gasteiger partial charge in [0.2, 0.25) is 0 Å². The molecule has 0 radical (unpaired) electrons. The Hall–Kier alpha value is -1.09. The number of hydrogen-bond acceptors (Lipinski definition) is 1. The monoisotopic (exact) mass is 236 g/mol. The van der Waals surface area contributed by atoms with Crippen molar-refractivity contribution in [2.75, 3.05) is 5.32 Å². The van der Waals surface area contributed by atoms with Crippen LogP contribution in [0.4, 0.5) is 5.69 Å². The molecule has 0 unspecified atom stereocenters. The summed E-state index contributed by atoms with van der Waals surface area (Å²) in [6, 6.07) is 6.70. The molecule has 0 heterocycles. The Labute approximate surface area is 103 Å². The number of hydrogen-bond donors (Lipinski definition) is 2. The molecule has 0 amide bonds. The van der Waals surface area contributed by atoms with Gasteiger partial charge in [0.1, 0.15) is 0 Å². The second-order valence-corrected chi connectivity index (χ2v) is 4.63. The van der Waals surface area contributed by atoms with Crippen LogP contribution in [-0.4, -0.2) is 11.2 Å². The molecule has 3 heteroatoms. The highest BCUT2D eigenvalue weighted by atomic mass is 32.1. The minimum atomic E-state index is 0.408. The molecular weight excluding hydrogens is 216 g/mol. The molecule has 0 aliphatic carbocycles. The van der Waals surface area contributed by atoms with E-state index in [1.54, 1.807) is 0 Å². The number of aryl methyl sites for hydroxylation is 2. The van der Waals surface area contributed by atoms with Gasteiger partial charge in [-0.3, -0.25) is 0 Å².